The van der Waals surface area contributed by atoms with E-state index in [4.69, 9.17) is 5.11 Å². The average Bonchev–Trinajstić information content (AvgIpc) is 2.36. The van der Waals surface area contributed by atoms with Crippen LogP contribution >= 0.6 is 0 Å². The van der Waals surface area contributed by atoms with Crippen LogP contribution in [0.25, 0.3) is 0 Å². The lowest BCUT2D eigenvalue weighted by Gasteiger charge is -2.21. The molecule has 10 heavy (non-hydrogen) atoms. The zero-order valence-electron chi connectivity index (χ0n) is 6.71. The fraction of sp³-hybridized carbons (Fsp3) is 1.00. The molecule has 1 N–H and O–H groups in total. The lowest BCUT2D eigenvalue weighted by molar-refractivity contribution is 0.159. The zero-order chi connectivity index (χ0) is 7.40. The first-order valence-electron chi connectivity index (χ1n) is 4.23. The van der Waals surface area contributed by atoms with Crippen LogP contribution in [-0.4, -0.2) is 35.7 Å². The van der Waals surface area contributed by atoms with Crippen LogP contribution in [0.3, 0.4) is 0 Å². The van der Waals surface area contributed by atoms with Gasteiger partial charge in [-0.05, 0) is 32.4 Å². The lowest BCUT2D eigenvalue weighted by atomic mass is 10.2. The summed E-state index contributed by atoms with van der Waals surface area (Å²) in [5.41, 5.74) is 0. The zero-order valence-corrected chi connectivity index (χ0v) is 6.71. The minimum atomic E-state index is 0.347. The number of hydrogen-bond acceptors (Lipinski definition) is 2. The Morgan fingerprint density at radius 1 is 1.60 bits per heavy atom. The fourth-order valence-corrected chi connectivity index (χ4v) is 1.68. The third kappa shape index (κ3) is 1.70. The third-order valence-corrected chi connectivity index (χ3v) is 2.22. The molecule has 0 aliphatic carbocycles. The molecule has 0 amide bonds. The van der Waals surface area contributed by atoms with E-state index in [-0.39, 0.29) is 0 Å². The van der Waals surface area contributed by atoms with Crippen molar-refractivity contribution in [2.75, 3.05) is 19.7 Å². The molecule has 0 saturated carbocycles. The van der Waals surface area contributed by atoms with E-state index >= 15 is 0 Å². The Bertz CT molecular complexity index is 95.3. The van der Waals surface area contributed by atoms with Crippen LogP contribution in [-0.2, 0) is 0 Å². The summed E-state index contributed by atoms with van der Waals surface area (Å²) in [4.78, 5) is 2.39. The molecule has 1 heterocycles. The maximum atomic E-state index is 8.92. The Balaban J connectivity index is 2.27. The van der Waals surface area contributed by atoms with Gasteiger partial charge in [-0.25, -0.2) is 0 Å². The van der Waals surface area contributed by atoms with Crippen molar-refractivity contribution in [2.45, 2.75) is 32.2 Å². The quantitative estimate of drug-likeness (QED) is 0.633. The van der Waals surface area contributed by atoms with Gasteiger partial charge in [0.15, 0.2) is 0 Å². The van der Waals surface area contributed by atoms with Gasteiger partial charge in [-0.3, -0.25) is 4.90 Å². The van der Waals surface area contributed by atoms with Crippen molar-refractivity contribution in [1.29, 1.82) is 0 Å². The highest BCUT2D eigenvalue weighted by Gasteiger charge is 2.21. The van der Waals surface area contributed by atoms with Crippen LogP contribution in [0.4, 0.5) is 0 Å². The first-order chi connectivity index (χ1) is 4.88. The highest BCUT2D eigenvalue weighted by molar-refractivity contribution is 4.77. The molecule has 1 rings (SSSR count). The Kier molecular flexibility index (Phi) is 3.16. The van der Waals surface area contributed by atoms with Gasteiger partial charge in [-0.1, -0.05) is 6.92 Å². The molecule has 0 aromatic carbocycles. The summed E-state index contributed by atoms with van der Waals surface area (Å²) >= 11 is 0. The van der Waals surface area contributed by atoms with E-state index in [0.717, 1.165) is 6.54 Å². The Labute approximate surface area is 62.8 Å². The number of aliphatic hydroxyl groups excluding tert-OH is 1. The number of nitrogens with zero attached hydrogens (tertiary/aromatic N) is 1. The molecule has 2 nitrogen and oxygen atoms in total. The number of hydrogen-bond donors (Lipinski definition) is 1. The fourth-order valence-electron chi connectivity index (χ4n) is 1.68. The normalized spacial score (nSPS) is 27.6. The molecule has 0 bridgehead atoms. The molecule has 1 fully saturated rings. The molecule has 1 saturated heterocycles. The van der Waals surface area contributed by atoms with E-state index in [1.807, 2.05) is 0 Å². The van der Waals surface area contributed by atoms with E-state index < -0.39 is 0 Å². The van der Waals surface area contributed by atoms with Crippen molar-refractivity contribution in [3.05, 3.63) is 0 Å². The van der Waals surface area contributed by atoms with E-state index in [9.17, 15) is 0 Å². The highest BCUT2D eigenvalue weighted by atomic mass is 16.3. The summed E-state index contributed by atoms with van der Waals surface area (Å²) in [6.45, 7) is 4.89. The second-order valence-corrected chi connectivity index (χ2v) is 3.01. The van der Waals surface area contributed by atoms with E-state index in [1.165, 1.54) is 25.8 Å². The molecular formula is C8H17NO. The maximum Gasteiger partial charge on any atom is 0.0586 e. The molecule has 60 valence electrons. The molecule has 1 aliphatic rings. The first kappa shape index (κ1) is 8.02. The number of likely N-dealkylation sites (tertiary alicyclic amines) is 1. The Hall–Kier alpha value is -0.0800. The summed E-state index contributed by atoms with van der Waals surface area (Å²) < 4.78 is 0. The second-order valence-electron chi connectivity index (χ2n) is 3.01. The lowest BCUT2D eigenvalue weighted by Crippen LogP contribution is -2.32. The second kappa shape index (κ2) is 3.94. The molecule has 1 atom stereocenters. The standard InChI is InChI=1S/C8H17NO/c1-2-5-9-6-3-4-8(9)7-10/h8,10H,2-7H2,1H3/t8-/m0/s1. The number of rotatable bonds is 3. The first-order valence-corrected chi connectivity index (χ1v) is 4.23. The molecule has 0 aromatic heterocycles. The molecule has 2 heteroatoms. The van der Waals surface area contributed by atoms with Crippen LogP contribution < -0.4 is 0 Å². The van der Waals surface area contributed by atoms with Crippen LogP contribution in [0.15, 0.2) is 0 Å². The van der Waals surface area contributed by atoms with Crippen molar-refractivity contribution in [3.63, 3.8) is 0 Å². The minimum absolute atomic E-state index is 0.347. The van der Waals surface area contributed by atoms with Crippen LogP contribution in [0.5, 0.6) is 0 Å². The average molecular weight is 143 g/mol. The summed E-state index contributed by atoms with van der Waals surface area (Å²) in [5, 5.41) is 8.92. The third-order valence-electron chi connectivity index (χ3n) is 2.22. The topological polar surface area (TPSA) is 23.5 Å². The van der Waals surface area contributed by atoms with E-state index in [1.54, 1.807) is 0 Å². The minimum Gasteiger partial charge on any atom is -0.395 e. The van der Waals surface area contributed by atoms with Gasteiger partial charge in [0.1, 0.15) is 0 Å². The summed E-state index contributed by atoms with van der Waals surface area (Å²) in [5.74, 6) is 0. The van der Waals surface area contributed by atoms with Gasteiger partial charge >= 0.3 is 0 Å². The summed E-state index contributed by atoms with van der Waals surface area (Å²) in [6, 6.07) is 0.472. The van der Waals surface area contributed by atoms with Crippen molar-refractivity contribution < 1.29 is 5.11 Å². The molecular weight excluding hydrogens is 126 g/mol. The molecule has 0 spiro atoms. The maximum absolute atomic E-state index is 8.92. The molecule has 0 unspecified atom stereocenters. The highest BCUT2D eigenvalue weighted by Crippen LogP contribution is 2.15. The van der Waals surface area contributed by atoms with E-state index in [2.05, 4.69) is 11.8 Å². The van der Waals surface area contributed by atoms with Crippen molar-refractivity contribution in [3.8, 4) is 0 Å². The SMILES string of the molecule is CCCN1CCC[C@H]1CO. The Morgan fingerprint density at radius 3 is 3.00 bits per heavy atom. The molecule has 1 aliphatic heterocycles. The van der Waals surface area contributed by atoms with Gasteiger partial charge < -0.3 is 5.11 Å². The smallest absolute Gasteiger partial charge is 0.0586 e. The van der Waals surface area contributed by atoms with E-state index in [0.29, 0.717) is 12.6 Å². The van der Waals surface area contributed by atoms with Crippen LogP contribution in [0.2, 0.25) is 0 Å². The predicted molar refractivity (Wildman–Crippen MR) is 42.0 cm³/mol. The van der Waals surface area contributed by atoms with Gasteiger partial charge in [-0.2, -0.15) is 0 Å². The van der Waals surface area contributed by atoms with Crippen molar-refractivity contribution in [2.24, 2.45) is 0 Å². The summed E-state index contributed by atoms with van der Waals surface area (Å²) in [6.07, 6.45) is 3.66. The monoisotopic (exact) mass is 143 g/mol. The van der Waals surface area contributed by atoms with Gasteiger partial charge in [0.05, 0.1) is 6.61 Å². The Morgan fingerprint density at radius 2 is 2.40 bits per heavy atom. The van der Waals surface area contributed by atoms with Crippen LogP contribution in [0, 0.1) is 0 Å². The van der Waals surface area contributed by atoms with Crippen molar-refractivity contribution >= 4 is 0 Å². The molecule has 0 aromatic rings. The van der Waals surface area contributed by atoms with Crippen LogP contribution in [0.1, 0.15) is 26.2 Å². The van der Waals surface area contributed by atoms with Gasteiger partial charge in [0.2, 0.25) is 0 Å². The van der Waals surface area contributed by atoms with Gasteiger partial charge in [0.25, 0.3) is 0 Å². The number of aliphatic hydroxyl groups is 1. The molecule has 0 radical (unpaired) electrons. The van der Waals surface area contributed by atoms with Gasteiger partial charge in [0, 0.05) is 6.04 Å². The van der Waals surface area contributed by atoms with Gasteiger partial charge in [-0.15, -0.1) is 0 Å². The summed E-state index contributed by atoms with van der Waals surface area (Å²) in [7, 11) is 0. The predicted octanol–water partition coefficient (Wildman–Crippen LogP) is 0.853. The largest absolute Gasteiger partial charge is 0.395 e. The van der Waals surface area contributed by atoms with Crippen molar-refractivity contribution in [1.82, 2.24) is 4.90 Å².